The molecule has 2 heterocycles. The number of rotatable bonds is 1. The number of carbonyl (C=O) groups excluding carboxylic acids is 2. The van der Waals surface area contributed by atoms with Crippen LogP contribution in [-0.2, 0) is 14.3 Å². The molecule has 0 aromatic carbocycles. The topological polar surface area (TPSA) is 46.6 Å². The largest absolute Gasteiger partial charge is 0.429 e. The molecule has 0 bridgehead atoms. The van der Waals surface area contributed by atoms with E-state index in [1.165, 1.54) is 6.08 Å². The maximum atomic E-state index is 11.8. The Labute approximate surface area is 91.8 Å². The second-order valence-corrected chi connectivity index (χ2v) is 5.12. The van der Waals surface area contributed by atoms with Gasteiger partial charge in [-0.3, -0.25) is 9.69 Å². The first kappa shape index (κ1) is 9.21. The van der Waals surface area contributed by atoms with Gasteiger partial charge in [0.25, 0.3) is 5.91 Å². The lowest BCUT2D eigenvalue weighted by molar-refractivity contribution is -0.209. The smallest absolute Gasteiger partial charge is 0.333 e. The van der Waals surface area contributed by atoms with Gasteiger partial charge < -0.3 is 4.74 Å². The lowest BCUT2D eigenvalue weighted by Crippen LogP contribution is -2.79. The van der Waals surface area contributed by atoms with Gasteiger partial charge in [0.1, 0.15) is 0 Å². The van der Waals surface area contributed by atoms with Gasteiger partial charge in [-0.25, -0.2) is 4.79 Å². The van der Waals surface area contributed by atoms with Crippen LogP contribution in [0.5, 0.6) is 0 Å². The summed E-state index contributed by atoms with van der Waals surface area (Å²) in [6.07, 6.45) is 4.86. The van der Waals surface area contributed by atoms with Crippen molar-refractivity contribution in [3.63, 3.8) is 0 Å². The molecule has 1 saturated carbocycles. The zero-order valence-corrected chi connectivity index (χ0v) is 8.95. The molecule has 80 valence electrons. The molecule has 15 heavy (non-hydrogen) atoms. The Morgan fingerprint density at radius 1 is 1.53 bits per heavy atom. The van der Waals surface area contributed by atoms with Crippen molar-refractivity contribution in [3.8, 4) is 0 Å². The first-order valence-electron chi connectivity index (χ1n) is 4.94. The van der Waals surface area contributed by atoms with E-state index in [9.17, 15) is 9.59 Å². The molecule has 1 saturated heterocycles. The Morgan fingerprint density at radius 3 is 2.67 bits per heavy atom. The Balaban J connectivity index is 2.01. The van der Waals surface area contributed by atoms with Crippen molar-refractivity contribution >= 4 is 23.5 Å². The van der Waals surface area contributed by atoms with Crippen LogP contribution in [-0.4, -0.2) is 33.4 Å². The van der Waals surface area contributed by atoms with Crippen LogP contribution in [0.1, 0.15) is 19.8 Å². The third-order valence-corrected chi connectivity index (χ3v) is 3.70. The number of halogens is 1. The van der Waals surface area contributed by atoms with Gasteiger partial charge in [0, 0.05) is 12.1 Å². The minimum atomic E-state index is -1.14. The van der Waals surface area contributed by atoms with E-state index < -0.39 is 16.6 Å². The van der Waals surface area contributed by atoms with Crippen molar-refractivity contribution in [1.29, 1.82) is 0 Å². The number of nitrogens with zero attached hydrogens (tertiary/aromatic N) is 1. The molecule has 1 aliphatic carbocycles. The molecule has 5 heteroatoms. The number of β-lactam (4-membered cyclic amide) rings is 1. The summed E-state index contributed by atoms with van der Waals surface area (Å²) in [5.74, 6) is -0.578. The molecular formula is C10H10ClNO3. The molecule has 0 N–H and O–H groups in total. The summed E-state index contributed by atoms with van der Waals surface area (Å²) in [6, 6.07) is 0.194. The molecule has 2 fully saturated rings. The number of ether oxygens (including phenoxy) is 1. The van der Waals surface area contributed by atoms with Gasteiger partial charge >= 0.3 is 5.97 Å². The molecule has 4 nitrogen and oxygen atoms in total. The Kier molecular flexibility index (Phi) is 1.46. The average Bonchev–Trinajstić information content (AvgIpc) is 2.90. The summed E-state index contributed by atoms with van der Waals surface area (Å²) in [7, 11) is 0. The highest BCUT2D eigenvalue weighted by Gasteiger charge is 2.73. The second kappa shape index (κ2) is 2.38. The fraction of sp³-hybridized carbons (Fsp3) is 0.600. The van der Waals surface area contributed by atoms with E-state index in [1.807, 2.05) is 0 Å². The highest BCUT2D eigenvalue weighted by Crippen LogP contribution is 2.54. The predicted molar refractivity (Wildman–Crippen MR) is 52.1 cm³/mol. The monoisotopic (exact) mass is 227 g/mol. The summed E-state index contributed by atoms with van der Waals surface area (Å²) < 4.78 is 5.21. The third-order valence-electron chi connectivity index (χ3n) is 3.26. The molecule has 3 rings (SSSR count). The van der Waals surface area contributed by atoms with Crippen molar-refractivity contribution in [2.75, 3.05) is 0 Å². The van der Waals surface area contributed by atoms with Crippen LogP contribution in [0.25, 0.3) is 0 Å². The van der Waals surface area contributed by atoms with Crippen molar-refractivity contribution in [2.45, 2.75) is 36.4 Å². The quantitative estimate of drug-likeness (QED) is 0.378. The molecule has 0 unspecified atom stereocenters. The summed E-state index contributed by atoms with van der Waals surface area (Å²) in [5.41, 5.74) is -1.02. The van der Waals surface area contributed by atoms with E-state index in [4.69, 9.17) is 16.3 Å². The van der Waals surface area contributed by atoms with Gasteiger partial charge in [0.15, 0.2) is 4.87 Å². The Hall–Kier alpha value is -1.03. The Morgan fingerprint density at radius 2 is 2.20 bits per heavy atom. The van der Waals surface area contributed by atoms with Crippen LogP contribution in [0.3, 0.4) is 0 Å². The van der Waals surface area contributed by atoms with E-state index in [0.29, 0.717) is 0 Å². The number of carbonyl (C=O) groups is 2. The molecule has 3 aliphatic rings. The lowest BCUT2D eigenvalue weighted by Gasteiger charge is -2.56. The molecule has 1 amide bonds. The van der Waals surface area contributed by atoms with E-state index in [1.54, 1.807) is 17.9 Å². The maximum Gasteiger partial charge on any atom is 0.333 e. The second-order valence-electron chi connectivity index (χ2n) is 4.36. The fourth-order valence-corrected chi connectivity index (χ4v) is 2.54. The van der Waals surface area contributed by atoms with Gasteiger partial charge in [-0.05, 0) is 25.8 Å². The average molecular weight is 228 g/mol. The van der Waals surface area contributed by atoms with Crippen LogP contribution in [0.4, 0.5) is 0 Å². The molecule has 0 aromatic heterocycles. The highest BCUT2D eigenvalue weighted by atomic mass is 35.5. The van der Waals surface area contributed by atoms with Crippen LogP contribution in [0.2, 0.25) is 0 Å². The van der Waals surface area contributed by atoms with E-state index >= 15 is 0 Å². The van der Waals surface area contributed by atoms with Crippen LogP contribution in [0, 0.1) is 0 Å². The van der Waals surface area contributed by atoms with Crippen LogP contribution < -0.4 is 0 Å². The van der Waals surface area contributed by atoms with Gasteiger partial charge in [-0.15, -0.1) is 11.6 Å². The number of likely N-dealkylation sites (tertiary alicyclic amines) is 1. The van der Waals surface area contributed by atoms with Crippen LogP contribution >= 0.6 is 11.6 Å². The van der Waals surface area contributed by atoms with Gasteiger partial charge in [-0.1, -0.05) is 0 Å². The first-order chi connectivity index (χ1) is 6.99. The maximum absolute atomic E-state index is 11.8. The molecule has 0 radical (unpaired) electrons. The standard InChI is InChI=1S/C10H10ClNO3/c1-9(11)8(14)12(6-2-3-6)10(9)5-4-7(13)15-10/h4-6H,2-3H2,1H3/t9-,10-/m0/s1. The summed E-state index contributed by atoms with van der Waals surface area (Å²) in [5, 5.41) is 0. The first-order valence-corrected chi connectivity index (χ1v) is 5.32. The van der Waals surface area contributed by atoms with Crippen molar-refractivity contribution < 1.29 is 14.3 Å². The zero-order valence-electron chi connectivity index (χ0n) is 8.20. The van der Waals surface area contributed by atoms with E-state index in [-0.39, 0.29) is 11.9 Å². The number of esters is 1. The number of hydrogen-bond donors (Lipinski definition) is 0. The Bertz CT molecular complexity index is 399. The van der Waals surface area contributed by atoms with Gasteiger partial charge in [0.05, 0.1) is 0 Å². The molecule has 0 aromatic rings. The fourth-order valence-electron chi connectivity index (χ4n) is 2.26. The summed E-state index contributed by atoms with van der Waals surface area (Å²) >= 11 is 6.13. The highest BCUT2D eigenvalue weighted by molar-refractivity contribution is 6.38. The number of hydrogen-bond acceptors (Lipinski definition) is 3. The molecule has 2 atom stereocenters. The summed E-state index contributed by atoms with van der Waals surface area (Å²) in [6.45, 7) is 1.60. The molecule has 1 spiro atoms. The van der Waals surface area contributed by atoms with Crippen LogP contribution in [0.15, 0.2) is 12.2 Å². The van der Waals surface area contributed by atoms with Crippen molar-refractivity contribution in [3.05, 3.63) is 12.2 Å². The van der Waals surface area contributed by atoms with E-state index in [2.05, 4.69) is 0 Å². The predicted octanol–water partition coefficient (Wildman–Crippen LogP) is 0.798. The number of amides is 1. The van der Waals surface area contributed by atoms with Gasteiger partial charge in [-0.2, -0.15) is 0 Å². The minimum Gasteiger partial charge on any atom is -0.429 e. The SMILES string of the molecule is C[C@]1(Cl)C(=O)N(C2CC2)[C@]12C=CC(=O)O2. The summed E-state index contributed by atoms with van der Waals surface area (Å²) in [4.78, 5) is 23.4. The normalized spacial score (nSPS) is 43.5. The molecular weight excluding hydrogens is 218 g/mol. The third kappa shape index (κ3) is 0.886. The number of alkyl halides is 1. The molecule has 2 aliphatic heterocycles. The van der Waals surface area contributed by atoms with Gasteiger partial charge in [0.2, 0.25) is 5.72 Å². The minimum absolute atomic E-state index is 0.147. The van der Waals surface area contributed by atoms with Crippen molar-refractivity contribution in [1.82, 2.24) is 4.90 Å². The zero-order chi connectivity index (χ0) is 10.8. The van der Waals surface area contributed by atoms with Crippen molar-refractivity contribution in [2.24, 2.45) is 0 Å². The van der Waals surface area contributed by atoms with E-state index in [0.717, 1.165) is 12.8 Å². The lowest BCUT2D eigenvalue weighted by atomic mass is 9.83.